The second-order valence-corrected chi connectivity index (χ2v) is 8.10. The van der Waals surface area contributed by atoms with Gasteiger partial charge in [0.05, 0.1) is 16.9 Å². The zero-order valence-electron chi connectivity index (χ0n) is 19.2. The summed E-state index contributed by atoms with van der Waals surface area (Å²) >= 11 is 0. The van der Waals surface area contributed by atoms with Crippen LogP contribution in [0.2, 0.25) is 0 Å². The fraction of sp³-hybridized carbons (Fsp3) is 0.240. The molecule has 36 heavy (non-hydrogen) atoms. The Morgan fingerprint density at radius 3 is 2.69 bits per heavy atom. The summed E-state index contributed by atoms with van der Waals surface area (Å²) in [5.41, 5.74) is 3.42. The molecule has 3 aromatic rings. The minimum Gasteiger partial charge on any atom is -0.404 e. The number of halogens is 3. The molecule has 4 N–H and O–H groups in total. The maximum atomic E-state index is 12.8. The number of nitrogens with zero attached hydrogens (tertiary/aromatic N) is 1. The van der Waals surface area contributed by atoms with Crippen molar-refractivity contribution in [2.45, 2.75) is 25.7 Å². The Kier molecular flexibility index (Phi) is 7.39. The number of carbonyl (C=O) groups excluding carboxylic acids is 2. The number of hydrogen-bond acceptors (Lipinski definition) is 5. The van der Waals surface area contributed by atoms with Gasteiger partial charge in [-0.2, -0.15) is 0 Å². The summed E-state index contributed by atoms with van der Waals surface area (Å²) in [5, 5.41) is 8.58. The highest BCUT2D eigenvalue weighted by atomic mass is 19.4. The van der Waals surface area contributed by atoms with Crippen LogP contribution >= 0.6 is 0 Å². The Bertz CT molecular complexity index is 1290. The van der Waals surface area contributed by atoms with E-state index >= 15 is 0 Å². The van der Waals surface area contributed by atoms with Gasteiger partial charge >= 0.3 is 6.36 Å². The van der Waals surface area contributed by atoms with Gasteiger partial charge in [-0.25, -0.2) is 0 Å². The number of rotatable bonds is 5. The van der Waals surface area contributed by atoms with Crippen LogP contribution in [0, 0.1) is 0 Å². The first-order valence-corrected chi connectivity index (χ1v) is 11.2. The molecule has 3 heterocycles. The number of pyridine rings is 1. The number of carbonyl (C=O) groups is 2. The molecular weight excluding hydrogens is 475 g/mol. The second kappa shape index (κ2) is 10.6. The summed E-state index contributed by atoms with van der Waals surface area (Å²) in [6.45, 7) is 5.26. The van der Waals surface area contributed by atoms with Crippen LogP contribution < -0.4 is 20.7 Å². The van der Waals surface area contributed by atoms with Crippen molar-refractivity contribution in [2.24, 2.45) is 0 Å². The summed E-state index contributed by atoms with van der Waals surface area (Å²) in [4.78, 5) is 32.0. The molecule has 188 valence electrons. The molecule has 0 spiro atoms. The molecule has 0 fully saturated rings. The van der Waals surface area contributed by atoms with Crippen LogP contribution in [0.25, 0.3) is 22.5 Å². The van der Waals surface area contributed by atoms with Crippen molar-refractivity contribution in [3.05, 3.63) is 66.5 Å². The Hall–Kier alpha value is -4.12. The number of anilines is 1. The lowest BCUT2D eigenvalue weighted by Gasteiger charge is -2.15. The van der Waals surface area contributed by atoms with Crippen LogP contribution in [-0.4, -0.2) is 41.2 Å². The second-order valence-electron chi connectivity index (χ2n) is 8.10. The molecule has 4 rings (SSSR count). The largest absolute Gasteiger partial charge is 0.573 e. The van der Waals surface area contributed by atoms with Gasteiger partial charge < -0.3 is 25.7 Å². The molecule has 2 aromatic heterocycles. The van der Waals surface area contributed by atoms with E-state index in [-0.39, 0.29) is 11.6 Å². The molecule has 2 amide bonds. The normalized spacial score (nSPS) is 14.4. The number of hydrogen-bond donors (Lipinski definition) is 4. The number of benzene rings is 1. The fourth-order valence-electron chi connectivity index (χ4n) is 3.82. The first-order chi connectivity index (χ1) is 17.2. The minimum absolute atomic E-state index is 0.159. The third kappa shape index (κ3) is 6.11. The quantitative estimate of drug-likeness (QED) is 0.390. The minimum atomic E-state index is -4.93. The number of aromatic amines is 1. The summed E-state index contributed by atoms with van der Waals surface area (Å²) in [6, 6.07) is 9.12. The third-order valence-electron chi connectivity index (χ3n) is 5.53. The average Bonchev–Trinajstić information content (AvgIpc) is 3.28. The molecule has 11 heteroatoms. The Morgan fingerprint density at radius 1 is 1.11 bits per heavy atom. The summed E-state index contributed by atoms with van der Waals surface area (Å²) < 4.78 is 42.5. The predicted octanol–water partition coefficient (Wildman–Crippen LogP) is 4.38. The van der Waals surface area contributed by atoms with Crippen molar-refractivity contribution in [1.29, 1.82) is 0 Å². The van der Waals surface area contributed by atoms with Crippen molar-refractivity contribution in [3.63, 3.8) is 0 Å². The van der Waals surface area contributed by atoms with Crippen molar-refractivity contribution < 1.29 is 27.5 Å². The highest BCUT2D eigenvalue weighted by molar-refractivity contribution is 6.00. The van der Waals surface area contributed by atoms with Gasteiger partial charge in [0.25, 0.3) is 5.91 Å². The molecule has 1 aliphatic rings. The monoisotopic (exact) mass is 499 g/mol. The molecule has 1 aromatic carbocycles. The molecule has 0 radical (unpaired) electrons. The smallest absolute Gasteiger partial charge is 0.404 e. The van der Waals surface area contributed by atoms with E-state index in [0.29, 0.717) is 35.6 Å². The van der Waals surface area contributed by atoms with Crippen LogP contribution in [0.4, 0.5) is 18.9 Å². The zero-order chi connectivity index (χ0) is 25.7. The van der Waals surface area contributed by atoms with Crippen molar-refractivity contribution in [3.8, 4) is 28.3 Å². The van der Waals surface area contributed by atoms with Gasteiger partial charge in [0.15, 0.2) is 5.75 Å². The lowest BCUT2D eigenvalue weighted by atomic mass is 10.1. The summed E-state index contributed by atoms with van der Waals surface area (Å²) in [6.07, 6.45) is -0.591. The highest BCUT2D eigenvalue weighted by Crippen LogP contribution is 2.35. The molecule has 0 atom stereocenters. The Morgan fingerprint density at radius 2 is 1.92 bits per heavy atom. The van der Waals surface area contributed by atoms with E-state index in [4.69, 9.17) is 0 Å². The molecule has 1 aliphatic heterocycles. The van der Waals surface area contributed by atoms with E-state index in [0.717, 1.165) is 42.8 Å². The number of H-pyrrole nitrogens is 1. The first kappa shape index (κ1) is 25.0. The van der Waals surface area contributed by atoms with Gasteiger partial charge in [0.1, 0.15) is 0 Å². The van der Waals surface area contributed by atoms with Gasteiger partial charge in [0.2, 0.25) is 5.91 Å². The maximum Gasteiger partial charge on any atom is 0.573 e. The standard InChI is InChI=1S/C25H24F3N5O3/c1-2-23(34)33-20-12-15(5-6-22(20)36-25(26,27)28)18-11-16(7-10-30-18)19-13-17-21(32-19)14-29-8-3-4-9-31-24(17)35/h2,5-7,10-13,29,32H,1,3-4,8-9,14H2,(H,31,35)(H,33,34). The van der Waals surface area contributed by atoms with Crippen LogP contribution in [0.15, 0.2) is 55.3 Å². The van der Waals surface area contributed by atoms with Gasteiger partial charge in [-0.3, -0.25) is 14.6 Å². The van der Waals surface area contributed by atoms with Gasteiger partial charge in [-0.05, 0) is 61.9 Å². The zero-order valence-corrected chi connectivity index (χ0v) is 19.2. The number of nitrogens with one attached hydrogen (secondary N) is 4. The van der Waals surface area contributed by atoms with Gasteiger partial charge in [-0.15, -0.1) is 13.2 Å². The molecule has 0 saturated heterocycles. The molecule has 0 bridgehead atoms. The van der Waals surface area contributed by atoms with Crippen LogP contribution in [0.5, 0.6) is 5.75 Å². The van der Waals surface area contributed by atoms with E-state index < -0.39 is 18.0 Å². The van der Waals surface area contributed by atoms with Gasteiger partial charge in [-0.1, -0.05) is 6.58 Å². The highest BCUT2D eigenvalue weighted by Gasteiger charge is 2.32. The molecule has 0 unspecified atom stereocenters. The maximum absolute atomic E-state index is 12.8. The molecule has 0 saturated carbocycles. The van der Waals surface area contributed by atoms with E-state index in [1.807, 2.05) is 0 Å². The SMILES string of the molecule is C=CC(=O)Nc1cc(-c2cc(-c3cc4c([nH]3)CNCCCCNC4=O)ccn2)ccc1OC(F)(F)F. The van der Waals surface area contributed by atoms with Crippen molar-refractivity contribution >= 4 is 17.5 Å². The molecule has 8 nitrogen and oxygen atoms in total. The lowest BCUT2D eigenvalue weighted by Crippen LogP contribution is -2.28. The van der Waals surface area contributed by atoms with E-state index in [2.05, 4.69) is 37.2 Å². The average molecular weight is 499 g/mol. The predicted molar refractivity (Wildman–Crippen MR) is 128 cm³/mol. The first-order valence-electron chi connectivity index (χ1n) is 11.2. The van der Waals surface area contributed by atoms with Crippen molar-refractivity contribution in [1.82, 2.24) is 20.6 Å². The van der Waals surface area contributed by atoms with Crippen molar-refractivity contribution in [2.75, 3.05) is 18.4 Å². The summed E-state index contributed by atoms with van der Waals surface area (Å²) in [5.74, 6) is -1.41. The number of fused-ring (bicyclic) bond motifs is 1. The Balaban J connectivity index is 1.68. The third-order valence-corrected chi connectivity index (χ3v) is 5.53. The van der Waals surface area contributed by atoms with E-state index in [1.165, 1.54) is 12.1 Å². The number of alkyl halides is 3. The molecule has 0 aliphatic carbocycles. The van der Waals surface area contributed by atoms with E-state index in [9.17, 15) is 22.8 Å². The Labute approximate surface area is 205 Å². The number of amides is 2. The van der Waals surface area contributed by atoms with Crippen LogP contribution in [-0.2, 0) is 11.3 Å². The fourth-order valence-corrected chi connectivity index (χ4v) is 3.82. The van der Waals surface area contributed by atoms with E-state index in [1.54, 1.807) is 24.4 Å². The number of ether oxygens (including phenoxy) is 1. The van der Waals surface area contributed by atoms with Crippen LogP contribution in [0.3, 0.4) is 0 Å². The van der Waals surface area contributed by atoms with Crippen LogP contribution in [0.1, 0.15) is 28.9 Å². The topological polar surface area (TPSA) is 108 Å². The molecular formula is C25H24F3N5O3. The summed E-state index contributed by atoms with van der Waals surface area (Å²) in [7, 11) is 0. The van der Waals surface area contributed by atoms with Gasteiger partial charge in [0, 0.05) is 41.8 Å². The lowest BCUT2D eigenvalue weighted by molar-refractivity contribution is -0.274. The number of aromatic nitrogens is 2.